The molecule has 0 saturated carbocycles. The predicted molar refractivity (Wildman–Crippen MR) is 107 cm³/mol. The average molecular weight is 395 g/mol. The average Bonchev–Trinajstić information content (AvgIpc) is 3.15. The number of carbonyl (C=O) groups is 2. The number of hydrogen-bond acceptors (Lipinski definition) is 4. The van der Waals surface area contributed by atoms with Crippen LogP contribution in [0.5, 0.6) is 0 Å². The lowest BCUT2D eigenvalue weighted by atomic mass is 9.95. The van der Waals surface area contributed by atoms with Crippen molar-refractivity contribution >= 4 is 28.8 Å². The molecule has 5 nitrogen and oxygen atoms in total. The Morgan fingerprint density at radius 2 is 2.04 bits per heavy atom. The molecule has 0 radical (unpaired) electrons. The molecular weight excluding hydrogens is 377 g/mol. The summed E-state index contributed by atoms with van der Waals surface area (Å²) in [6.45, 7) is 0.592. The van der Waals surface area contributed by atoms with Gasteiger partial charge in [-0.15, -0.1) is 11.3 Å². The SMILES string of the molecule is NC(=O)c1cccc2c1CCCN2C(=O)Cc1csc(-c2cccc(F)c2)n1. The van der Waals surface area contributed by atoms with Gasteiger partial charge in [0.05, 0.1) is 12.1 Å². The van der Waals surface area contributed by atoms with Crippen molar-refractivity contribution in [1.29, 1.82) is 0 Å². The van der Waals surface area contributed by atoms with E-state index in [1.165, 1.54) is 23.5 Å². The van der Waals surface area contributed by atoms with Crippen LogP contribution in [0, 0.1) is 5.82 Å². The first kappa shape index (κ1) is 18.3. The van der Waals surface area contributed by atoms with Crippen molar-refractivity contribution in [2.75, 3.05) is 11.4 Å². The highest BCUT2D eigenvalue weighted by atomic mass is 32.1. The number of hydrogen-bond donors (Lipinski definition) is 1. The number of benzene rings is 2. The molecule has 2 N–H and O–H groups in total. The van der Waals surface area contributed by atoms with Crippen LogP contribution < -0.4 is 10.6 Å². The van der Waals surface area contributed by atoms with E-state index in [0.29, 0.717) is 28.4 Å². The Morgan fingerprint density at radius 3 is 2.82 bits per heavy atom. The van der Waals surface area contributed by atoms with Crippen molar-refractivity contribution in [3.8, 4) is 10.6 Å². The molecule has 1 aliphatic rings. The minimum Gasteiger partial charge on any atom is -0.366 e. The van der Waals surface area contributed by atoms with Crippen molar-refractivity contribution in [1.82, 2.24) is 4.98 Å². The van der Waals surface area contributed by atoms with E-state index in [1.807, 2.05) is 11.4 Å². The Kier molecular flexibility index (Phi) is 4.92. The molecule has 0 saturated heterocycles. The highest BCUT2D eigenvalue weighted by Gasteiger charge is 2.26. The second kappa shape index (κ2) is 7.52. The van der Waals surface area contributed by atoms with E-state index >= 15 is 0 Å². The Balaban J connectivity index is 1.56. The molecule has 0 bridgehead atoms. The van der Waals surface area contributed by atoms with E-state index in [9.17, 15) is 14.0 Å². The molecule has 0 unspecified atom stereocenters. The van der Waals surface area contributed by atoms with Crippen LogP contribution in [-0.2, 0) is 17.6 Å². The van der Waals surface area contributed by atoms with Gasteiger partial charge >= 0.3 is 0 Å². The van der Waals surface area contributed by atoms with E-state index in [2.05, 4.69) is 4.98 Å². The summed E-state index contributed by atoms with van der Waals surface area (Å²) in [5.74, 6) is -0.885. The van der Waals surface area contributed by atoms with Crippen molar-refractivity contribution in [3.05, 3.63) is 70.5 Å². The Bertz CT molecular complexity index is 1060. The molecule has 142 valence electrons. The minimum atomic E-state index is -0.481. The molecule has 0 fully saturated rings. The standard InChI is InChI=1S/C21H18FN3O2S/c22-14-5-1-4-13(10-14)21-24-15(12-28-21)11-19(26)25-9-3-7-16-17(20(23)27)6-2-8-18(16)25/h1-2,4-6,8,10,12H,3,7,9,11H2,(H2,23,27). The van der Waals surface area contributed by atoms with E-state index in [1.54, 1.807) is 29.2 Å². The first-order chi connectivity index (χ1) is 13.5. The smallest absolute Gasteiger partial charge is 0.249 e. The van der Waals surface area contributed by atoms with Crippen molar-refractivity contribution < 1.29 is 14.0 Å². The third-order valence-electron chi connectivity index (χ3n) is 4.77. The minimum absolute atomic E-state index is 0.0846. The number of primary amides is 1. The van der Waals surface area contributed by atoms with Crippen molar-refractivity contribution in [2.45, 2.75) is 19.3 Å². The molecule has 1 aliphatic heterocycles. The Morgan fingerprint density at radius 1 is 1.21 bits per heavy atom. The van der Waals surface area contributed by atoms with Crippen LogP contribution in [0.2, 0.25) is 0 Å². The maximum Gasteiger partial charge on any atom is 0.249 e. The number of fused-ring (bicyclic) bond motifs is 1. The van der Waals surface area contributed by atoms with Crippen LogP contribution in [0.15, 0.2) is 47.8 Å². The zero-order chi connectivity index (χ0) is 19.7. The number of anilines is 1. The van der Waals surface area contributed by atoms with Gasteiger partial charge in [-0.1, -0.05) is 18.2 Å². The Labute approximate surface area is 165 Å². The normalized spacial score (nSPS) is 13.2. The number of nitrogens with zero attached hydrogens (tertiary/aromatic N) is 2. The number of halogens is 1. The maximum atomic E-state index is 13.4. The number of thiazole rings is 1. The van der Waals surface area contributed by atoms with Crippen LogP contribution in [-0.4, -0.2) is 23.3 Å². The summed E-state index contributed by atoms with van der Waals surface area (Å²) in [6.07, 6.45) is 1.64. The van der Waals surface area contributed by atoms with E-state index in [4.69, 9.17) is 5.73 Å². The first-order valence-electron chi connectivity index (χ1n) is 8.95. The van der Waals surface area contributed by atoms with Gasteiger partial charge in [0, 0.05) is 28.7 Å². The molecule has 1 aromatic heterocycles. The quantitative estimate of drug-likeness (QED) is 0.734. The Hall–Kier alpha value is -3.06. The summed E-state index contributed by atoms with van der Waals surface area (Å²) < 4.78 is 13.4. The topological polar surface area (TPSA) is 76.3 Å². The van der Waals surface area contributed by atoms with Gasteiger partial charge in [-0.25, -0.2) is 9.37 Å². The third-order valence-corrected chi connectivity index (χ3v) is 5.71. The van der Waals surface area contributed by atoms with Gasteiger partial charge in [-0.3, -0.25) is 9.59 Å². The van der Waals surface area contributed by atoms with Crippen LogP contribution in [0.25, 0.3) is 10.6 Å². The van der Waals surface area contributed by atoms with Crippen LogP contribution >= 0.6 is 11.3 Å². The summed E-state index contributed by atoms with van der Waals surface area (Å²) in [7, 11) is 0. The zero-order valence-corrected chi connectivity index (χ0v) is 15.8. The lowest BCUT2D eigenvalue weighted by Crippen LogP contribution is -2.37. The predicted octanol–water partition coefficient (Wildman–Crippen LogP) is 3.57. The number of aromatic nitrogens is 1. The van der Waals surface area contributed by atoms with Gasteiger partial charge in [0.25, 0.3) is 0 Å². The second-order valence-corrected chi connectivity index (χ2v) is 7.51. The number of amides is 2. The van der Waals surface area contributed by atoms with Gasteiger partial charge in [0.1, 0.15) is 10.8 Å². The third kappa shape index (κ3) is 3.53. The van der Waals surface area contributed by atoms with Crippen molar-refractivity contribution in [2.24, 2.45) is 5.73 Å². The molecule has 0 aliphatic carbocycles. The summed E-state index contributed by atoms with van der Waals surface area (Å²) in [5, 5.41) is 2.50. The number of nitrogens with two attached hydrogens (primary N) is 1. The molecule has 4 rings (SSSR count). The van der Waals surface area contributed by atoms with Gasteiger partial charge in [-0.05, 0) is 42.7 Å². The van der Waals surface area contributed by atoms with Crippen LogP contribution in [0.1, 0.15) is 28.0 Å². The highest BCUT2D eigenvalue weighted by molar-refractivity contribution is 7.13. The van der Waals surface area contributed by atoms with Crippen LogP contribution in [0.3, 0.4) is 0 Å². The number of carbonyl (C=O) groups excluding carboxylic acids is 2. The van der Waals surface area contributed by atoms with E-state index < -0.39 is 5.91 Å². The highest BCUT2D eigenvalue weighted by Crippen LogP contribution is 2.31. The lowest BCUT2D eigenvalue weighted by molar-refractivity contribution is -0.118. The number of rotatable bonds is 4. The summed E-state index contributed by atoms with van der Waals surface area (Å²) >= 11 is 1.38. The monoisotopic (exact) mass is 395 g/mol. The zero-order valence-electron chi connectivity index (χ0n) is 15.0. The molecule has 2 aromatic carbocycles. The molecule has 0 atom stereocenters. The fourth-order valence-corrected chi connectivity index (χ4v) is 4.32. The summed E-state index contributed by atoms with van der Waals surface area (Å²) in [6, 6.07) is 11.5. The van der Waals surface area contributed by atoms with Crippen molar-refractivity contribution in [3.63, 3.8) is 0 Å². The largest absolute Gasteiger partial charge is 0.366 e. The molecule has 28 heavy (non-hydrogen) atoms. The maximum absolute atomic E-state index is 13.4. The van der Waals surface area contributed by atoms with Gasteiger partial charge in [0.2, 0.25) is 11.8 Å². The summed E-state index contributed by atoms with van der Waals surface area (Å²) in [5.41, 5.74) is 8.85. The second-order valence-electron chi connectivity index (χ2n) is 6.65. The molecule has 2 heterocycles. The molecule has 3 aromatic rings. The van der Waals surface area contributed by atoms with Crippen LogP contribution in [0.4, 0.5) is 10.1 Å². The molecule has 7 heteroatoms. The van der Waals surface area contributed by atoms with E-state index in [0.717, 1.165) is 24.1 Å². The molecule has 2 amide bonds. The van der Waals surface area contributed by atoms with Gasteiger partial charge in [-0.2, -0.15) is 0 Å². The van der Waals surface area contributed by atoms with Gasteiger partial charge < -0.3 is 10.6 Å². The van der Waals surface area contributed by atoms with E-state index in [-0.39, 0.29) is 18.1 Å². The first-order valence-corrected chi connectivity index (χ1v) is 9.83. The lowest BCUT2D eigenvalue weighted by Gasteiger charge is -2.30. The molecule has 0 spiro atoms. The fraction of sp³-hybridized carbons (Fsp3) is 0.190. The molecular formula is C21H18FN3O2S. The summed E-state index contributed by atoms with van der Waals surface area (Å²) in [4.78, 5) is 30.8. The fourth-order valence-electron chi connectivity index (χ4n) is 3.51. The van der Waals surface area contributed by atoms with Gasteiger partial charge in [0.15, 0.2) is 0 Å².